The summed E-state index contributed by atoms with van der Waals surface area (Å²) in [6, 6.07) is 16.3. The molecule has 0 bridgehead atoms. The number of nitrogens with zero attached hydrogens (tertiary/aromatic N) is 3. The van der Waals surface area contributed by atoms with Gasteiger partial charge in [0.2, 0.25) is 5.91 Å². The first-order chi connectivity index (χ1) is 14.0. The van der Waals surface area contributed by atoms with Crippen LogP contribution in [-0.4, -0.2) is 29.9 Å². The topological polar surface area (TPSA) is 47.3 Å². The van der Waals surface area contributed by atoms with Gasteiger partial charge in [0.15, 0.2) is 0 Å². The molecule has 0 unspecified atom stereocenters. The molecule has 2 aromatic rings. The van der Waals surface area contributed by atoms with Gasteiger partial charge in [0.05, 0.1) is 10.6 Å². The van der Waals surface area contributed by atoms with Crippen molar-refractivity contribution < 1.29 is 4.79 Å². The second-order valence-electron chi connectivity index (χ2n) is 7.72. The van der Waals surface area contributed by atoms with E-state index in [2.05, 4.69) is 43.0 Å². The van der Waals surface area contributed by atoms with E-state index in [0.29, 0.717) is 17.0 Å². The molecule has 1 fully saturated rings. The number of unbranched alkanes of at least 4 members (excludes halogenated alkanes) is 1. The molecule has 152 valence electrons. The Morgan fingerprint density at radius 1 is 1.31 bits per heavy atom. The highest BCUT2D eigenvalue weighted by Crippen LogP contribution is 2.30. The van der Waals surface area contributed by atoms with Crippen molar-refractivity contribution in [3.63, 3.8) is 0 Å². The quantitative estimate of drug-likeness (QED) is 0.621. The van der Waals surface area contributed by atoms with Gasteiger partial charge in [-0.3, -0.25) is 4.79 Å². The van der Waals surface area contributed by atoms with Gasteiger partial charge < -0.3 is 9.80 Å². The van der Waals surface area contributed by atoms with Crippen LogP contribution in [0.2, 0.25) is 5.02 Å². The lowest BCUT2D eigenvalue weighted by Gasteiger charge is -2.32. The van der Waals surface area contributed by atoms with Crippen molar-refractivity contribution in [3.05, 3.63) is 64.2 Å². The number of anilines is 1. The summed E-state index contributed by atoms with van der Waals surface area (Å²) < 4.78 is 0. The van der Waals surface area contributed by atoms with Gasteiger partial charge in [-0.15, -0.1) is 0 Å². The highest BCUT2D eigenvalue weighted by Gasteiger charge is 2.30. The molecule has 0 saturated carbocycles. The van der Waals surface area contributed by atoms with Gasteiger partial charge >= 0.3 is 0 Å². The van der Waals surface area contributed by atoms with E-state index >= 15 is 0 Å². The van der Waals surface area contributed by atoms with Crippen LogP contribution in [0.5, 0.6) is 0 Å². The molecule has 1 saturated heterocycles. The molecule has 1 amide bonds. The summed E-state index contributed by atoms with van der Waals surface area (Å²) in [6.07, 6.45) is 3.54. The molecule has 0 aliphatic carbocycles. The van der Waals surface area contributed by atoms with E-state index in [9.17, 15) is 10.1 Å². The van der Waals surface area contributed by atoms with Crippen LogP contribution in [0.15, 0.2) is 42.5 Å². The molecule has 0 spiro atoms. The Morgan fingerprint density at radius 3 is 2.79 bits per heavy atom. The van der Waals surface area contributed by atoms with Gasteiger partial charge in [-0.25, -0.2) is 0 Å². The van der Waals surface area contributed by atoms with Gasteiger partial charge in [0.25, 0.3) is 0 Å². The minimum atomic E-state index is 0.226. The van der Waals surface area contributed by atoms with Crippen LogP contribution in [0.4, 0.5) is 5.69 Å². The van der Waals surface area contributed by atoms with Gasteiger partial charge in [0.1, 0.15) is 6.07 Å². The summed E-state index contributed by atoms with van der Waals surface area (Å²) in [5, 5.41) is 9.67. The normalized spacial score (nSPS) is 15.9. The van der Waals surface area contributed by atoms with Crippen LogP contribution < -0.4 is 4.90 Å². The van der Waals surface area contributed by atoms with Crippen molar-refractivity contribution in [1.29, 1.82) is 5.26 Å². The van der Waals surface area contributed by atoms with E-state index in [-0.39, 0.29) is 11.9 Å². The number of carbonyl (C=O) groups excluding carboxylic acids is 1. The molecular formula is C24H28ClN3O. The number of benzene rings is 2. The molecule has 1 heterocycles. The highest BCUT2D eigenvalue weighted by molar-refractivity contribution is 6.32. The molecule has 2 aromatic carbocycles. The molecule has 29 heavy (non-hydrogen) atoms. The van der Waals surface area contributed by atoms with Crippen molar-refractivity contribution in [3.8, 4) is 6.07 Å². The maximum atomic E-state index is 12.5. The molecule has 1 atom stereocenters. The van der Waals surface area contributed by atoms with E-state index in [1.54, 1.807) is 6.07 Å². The molecule has 0 aromatic heterocycles. The van der Waals surface area contributed by atoms with E-state index in [1.807, 2.05) is 23.1 Å². The van der Waals surface area contributed by atoms with Crippen LogP contribution in [-0.2, 0) is 11.3 Å². The Labute approximate surface area is 178 Å². The fourth-order valence-electron chi connectivity index (χ4n) is 3.88. The van der Waals surface area contributed by atoms with Crippen LogP contribution >= 0.6 is 11.6 Å². The van der Waals surface area contributed by atoms with Gasteiger partial charge in [-0.2, -0.15) is 5.26 Å². The predicted molar refractivity (Wildman–Crippen MR) is 118 cm³/mol. The minimum Gasteiger partial charge on any atom is -0.362 e. The molecule has 0 radical (unpaired) electrons. The summed E-state index contributed by atoms with van der Waals surface area (Å²) in [4.78, 5) is 16.8. The molecule has 5 heteroatoms. The molecule has 1 aliphatic rings. The zero-order valence-corrected chi connectivity index (χ0v) is 18.0. The predicted octanol–water partition coefficient (Wildman–Crippen LogP) is 5.32. The Morgan fingerprint density at radius 2 is 2.10 bits per heavy atom. The first kappa shape index (κ1) is 21.2. The lowest BCUT2D eigenvalue weighted by atomic mass is 10.1. The Kier molecular flexibility index (Phi) is 7.17. The van der Waals surface area contributed by atoms with Gasteiger partial charge in [-0.1, -0.05) is 49.2 Å². The van der Waals surface area contributed by atoms with Crippen molar-refractivity contribution >= 4 is 23.2 Å². The molecule has 0 N–H and O–H groups in total. The number of aryl methyl sites for hydroxylation is 1. The van der Waals surface area contributed by atoms with E-state index in [0.717, 1.165) is 44.6 Å². The van der Waals surface area contributed by atoms with E-state index in [1.165, 1.54) is 11.1 Å². The van der Waals surface area contributed by atoms with Crippen LogP contribution in [0, 0.1) is 18.3 Å². The summed E-state index contributed by atoms with van der Waals surface area (Å²) in [7, 11) is 0. The zero-order valence-electron chi connectivity index (χ0n) is 17.2. The average molecular weight is 410 g/mol. The van der Waals surface area contributed by atoms with Crippen molar-refractivity contribution in [2.75, 3.05) is 18.0 Å². The number of amides is 1. The maximum Gasteiger partial charge on any atom is 0.222 e. The van der Waals surface area contributed by atoms with Crippen molar-refractivity contribution in [1.82, 2.24) is 4.90 Å². The molecule has 4 nitrogen and oxygen atoms in total. The van der Waals surface area contributed by atoms with Crippen LogP contribution in [0.25, 0.3) is 0 Å². The van der Waals surface area contributed by atoms with Gasteiger partial charge in [0, 0.05) is 37.8 Å². The third kappa shape index (κ3) is 5.10. The molecule has 1 aliphatic heterocycles. The largest absolute Gasteiger partial charge is 0.362 e. The first-order valence-corrected chi connectivity index (χ1v) is 10.7. The number of hydrogen-bond donors (Lipinski definition) is 0. The third-order valence-electron chi connectivity index (χ3n) is 5.71. The summed E-state index contributed by atoms with van der Waals surface area (Å²) in [5.41, 5.74) is 3.97. The number of carbonyl (C=O) groups is 1. The third-order valence-corrected chi connectivity index (χ3v) is 6.02. The van der Waals surface area contributed by atoms with Gasteiger partial charge in [-0.05, 0) is 49.1 Å². The summed E-state index contributed by atoms with van der Waals surface area (Å²) >= 11 is 6.34. The number of hydrogen-bond acceptors (Lipinski definition) is 3. The smallest absolute Gasteiger partial charge is 0.222 e. The summed E-state index contributed by atoms with van der Waals surface area (Å²) in [6.45, 7) is 6.50. The first-order valence-electron chi connectivity index (χ1n) is 10.3. The molecule has 3 rings (SSSR count). The summed E-state index contributed by atoms with van der Waals surface area (Å²) in [5.74, 6) is 0.253. The number of halogens is 1. The maximum absolute atomic E-state index is 12.5. The number of nitriles is 1. The lowest BCUT2D eigenvalue weighted by molar-refractivity contribution is -0.130. The fraction of sp³-hybridized carbons (Fsp3) is 0.417. The van der Waals surface area contributed by atoms with E-state index < -0.39 is 0 Å². The fourth-order valence-corrected chi connectivity index (χ4v) is 4.10. The van der Waals surface area contributed by atoms with Crippen LogP contribution in [0.3, 0.4) is 0 Å². The Balaban J connectivity index is 1.86. The lowest BCUT2D eigenvalue weighted by Crippen LogP contribution is -2.38. The van der Waals surface area contributed by atoms with Crippen molar-refractivity contribution in [2.45, 2.75) is 52.1 Å². The highest BCUT2D eigenvalue weighted by atomic mass is 35.5. The zero-order chi connectivity index (χ0) is 20.8. The number of likely N-dealkylation sites (tertiary alicyclic amines) is 1. The second-order valence-corrected chi connectivity index (χ2v) is 8.12. The molecular weight excluding hydrogens is 382 g/mol. The average Bonchev–Trinajstić information content (AvgIpc) is 3.21. The monoisotopic (exact) mass is 409 g/mol. The number of rotatable bonds is 7. The standard InChI is InChI=1S/C24H28ClN3O/c1-3-4-9-24(29)27-13-12-22(17-27)28(16-20-8-6-5-7-18(20)2)21-11-10-19(15-26)23(25)14-21/h5-8,10-11,14,22H,3-4,9,12-13,16-17H2,1-2H3/t22-/m0/s1. The van der Waals surface area contributed by atoms with E-state index in [4.69, 9.17) is 11.6 Å². The Bertz CT molecular complexity index is 905. The SMILES string of the molecule is CCCCC(=O)N1CC[C@H](N(Cc2ccccc2C)c2ccc(C#N)c(Cl)c2)C1. The Hall–Kier alpha value is -2.51. The second kappa shape index (κ2) is 9.80. The minimum absolute atomic E-state index is 0.226. The van der Waals surface area contributed by atoms with Crippen molar-refractivity contribution in [2.24, 2.45) is 0 Å². The van der Waals surface area contributed by atoms with Crippen LogP contribution in [0.1, 0.15) is 49.3 Å².